The Labute approximate surface area is 144 Å². The number of methoxy groups -OCH3 is 1. The van der Waals surface area contributed by atoms with Crippen LogP contribution in [-0.4, -0.2) is 32.6 Å². The highest BCUT2D eigenvalue weighted by atomic mass is 32.2. The lowest BCUT2D eigenvalue weighted by atomic mass is 10.0. The molecule has 0 unspecified atom stereocenters. The summed E-state index contributed by atoms with van der Waals surface area (Å²) in [6, 6.07) is 7.83. The van der Waals surface area contributed by atoms with Crippen LogP contribution in [0.2, 0.25) is 0 Å². The Balaban J connectivity index is 2.15. The van der Waals surface area contributed by atoms with Crippen LogP contribution >= 0.6 is 0 Å². The Morgan fingerprint density at radius 2 is 2.00 bits per heavy atom. The fourth-order valence-electron chi connectivity index (χ4n) is 2.41. The van der Waals surface area contributed by atoms with Crippen LogP contribution in [0.15, 0.2) is 41.3 Å². The molecule has 132 valence electrons. The number of nitrogens with one attached hydrogen (secondary N) is 1. The summed E-state index contributed by atoms with van der Waals surface area (Å²) in [6.45, 7) is 0. The molecule has 0 amide bonds. The summed E-state index contributed by atoms with van der Waals surface area (Å²) in [5, 5.41) is 9.28. The molecule has 1 aliphatic carbocycles. The average Bonchev–Trinajstić information content (AvgIpc) is 3.38. The SMILES string of the molecule is COc1cccc(-c2cc(C(=O)O)cc(S(=O)(=O)NC3CC3)c2)c1F. The van der Waals surface area contributed by atoms with Crippen molar-refractivity contribution in [1.82, 2.24) is 4.72 Å². The molecule has 2 aromatic carbocycles. The van der Waals surface area contributed by atoms with Gasteiger partial charge in [-0.2, -0.15) is 0 Å². The molecule has 8 heteroatoms. The van der Waals surface area contributed by atoms with Gasteiger partial charge in [0.15, 0.2) is 11.6 Å². The van der Waals surface area contributed by atoms with Gasteiger partial charge in [-0.3, -0.25) is 0 Å². The maximum atomic E-state index is 14.5. The van der Waals surface area contributed by atoms with Crippen molar-refractivity contribution in [2.45, 2.75) is 23.8 Å². The molecule has 0 heterocycles. The monoisotopic (exact) mass is 365 g/mol. The molecule has 1 saturated carbocycles. The van der Waals surface area contributed by atoms with Gasteiger partial charge in [-0.1, -0.05) is 12.1 Å². The lowest BCUT2D eigenvalue weighted by Gasteiger charge is -2.12. The van der Waals surface area contributed by atoms with Crippen LogP contribution in [-0.2, 0) is 10.0 Å². The molecule has 2 N–H and O–H groups in total. The quantitative estimate of drug-likeness (QED) is 0.821. The number of carboxylic acid groups (broad SMARTS) is 1. The lowest BCUT2D eigenvalue weighted by Crippen LogP contribution is -2.26. The Morgan fingerprint density at radius 1 is 1.28 bits per heavy atom. The standard InChI is InChI=1S/C17H16FNO5S/c1-24-15-4-2-3-14(16(15)18)10-7-11(17(20)21)9-13(8-10)25(22,23)19-12-5-6-12/h2-4,7-9,12,19H,5-6H2,1H3,(H,20,21). The first kappa shape index (κ1) is 17.4. The van der Waals surface area contributed by atoms with Gasteiger partial charge in [0.25, 0.3) is 0 Å². The third-order valence-electron chi connectivity index (χ3n) is 3.86. The molecular weight excluding hydrogens is 349 g/mol. The number of ether oxygens (including phenoxy) is 1. The molecule has 6 nitrogen and oxygen atoms in total. The zero-order valence-electron chi connectivity index (χ0n) is 13.3. The molecule has 0 spiro atoms. The second kappa shape index (κ2) is 6.45. The van der Waals surface area contributed by atoms with Gasteiger partial charge in [0.05, 0.1) is 17.6 Å². The van der Waals surface area contributed by atoms with E-state index in [1.807, 2.05) is 0 Å². The summed E-state index contributed by atoms with van der Waals surface area (Å²) in [6.07, 6.45) is 1.49. The van der Waals surface area contributed by atoms with Gasteiger partial charge < -0.3 is 9.84 Å². The largest absolute Gasteiger partial charge is 0.494 e. The van der Waals surface area contributed by atoms with Crippen molar-refractivity contribution in [1.29, 1.82) is 0 Å². The van der Waals surface area contributed by atoms with Crippen LogP contribution in [0, 0.1) is 5.82 Å². The topological polar surface area (TPSA) is 92.7 Å². The van der Waals surface area contributed by atoms with Crippen molar-refractivity contribution in [3.8, 4) is 16.9 Å². The second-order valence-electron chi connectivity index (χ2n) is 5.77. The molecule has 25 heavy (non-hydrogen) atoms. The van der Waals surface area contributed by atoms with E-state index in [0.717, 1.165) is 18.9 Å². The second-order valence-corrected chi connectivity index (χ2v) is 7.48. The van der Waals surface area contributed by atoms with Crippen LogP contribution in [0.4, 0.5) is 4.39 Å². The molecular formula is C17H16FNO5S. The predicted molar refractivity (Wildman–Crippen MR) is 88.7 cm³/mol. The van der Waals surface area contributed by atoms with Crippen LogP contribution in [0.25, 0.3) is 11.1 Å². The van der Waals surface area contributed by atoms with Crippen LogP contribution in [0.1, 0.15) is 23.2 Å². The van der Waals surface area contributed by atoms with Gasteiger partial charge in [0, 0.05) is 11.6 Å². The van der Waals surface area contributed by atoms with Crippen molar-refractivity contribution in [2.75, 3.05) is 7.11 Å². The van der Waals surface area contributed by atoms with Gasteiger partial charge in [-0.25, -0.2) is 22.3 Å². The van der Waals surface area contributed by atoms with Gasteiger partial charge >= 0.3 is 5.97 Å². The Kier molecular flexibility index (Phi) is 4.49. The summed E-state index contributed by atoms with van der Waals surface area (Å²) >= 11 is 0. The average molecular weight is 365 g/mol. The fraction of sp³-hybridized carbons (Fsp3) is 0.235. The third kappa shape index (κ3) is 3.64. The summed E-state index contributed by atoms with van der Waals surface area (Å²) in [7, 11) is -2.57. The van der Waals surface area contributed by atoms with E-state index < -0.39 is 21.8 Å². The number of carbonyl (C=O) groups is 1. The number of halogens is 1. The molecule has 3 rings (SSSR count). The number of rotatable bonds is 6. The van der Waals surface area contributed by atoms with E-state index >= 15 is 0 Å². The fourth-order valence-corrected chi connectivity index (χ4v) is 3.79. The van der Waals surface area contributed by atoms with Gasteiger partial charge in [-0.05, 0) is 42.7 Å². The summed E-state index contributed by atoms with van der Waals surface area (Å²) < 4.78 is 46.8. The van der Waals surface area contributed by atoms with E-state index in [0.29, 0.717) is 0 Å². The van der Waals surface area contributed by atoms with E-state index in [4.69, 9.17) is 4.74 Å². The normalized spacial score (nSPS) is 14.3. The third-order valence-corrected chi connectivity index (χ3v) is 5.36. The predicted octanol–water partition coefficient (Wildman–Crippen LogP) is 2.64. The molecule has 0 aliphatic heterocycles. The maximum absolute atomic E-state index is 14.5. The Morgan fingerprint density at radius 3 is 2.60 bits per heavy atom. The molecule has 2 aromatic rings. The zero-order valence-corrected chi connectivity index (χ0v) is 14.1. The van der Waals surface area contributed by atoms with Gasteiger partial charge in [0.1, 0.15) is 0 Å². The molecule has 0 aromatic heterocycles. The minimum absolute atomic E-state index is 0.0151. The van der Waals surface area contributed by atoms with Crippen LogP contribution < -0.4 is 9.46 Å². The minimum Gasteiger partial charge on any atom is -0.494 e. The van der Waals surface area contributed by atoms with Crippen molar-refractivity contribution in [3.63, 3.8) is 0 Å². The molecule has 1 fully saturated rings. The smallest absolute Gasteiger partial charge is 0.335 e. The summed E-state index contributed by atoms with van der Waals surface area (Å²) in [4.78, 5) is 11.2. The maximum Gasteiger partial charge on any atom is 0.335 e. The number of hydrogen-bond acceptors (Lipinski definition) is 4. The highest BCUT2D eigenvalue weighted by molar-refractivity contribution is 7.89. The van der Waals surface area contributed by atoms with Gasteiger partial charge in [-0.15, -0.1) is 0 Å². The minimum atomic E-state index is -3.88. The summed E-state index contributed by atoms with van der Waals surface area (Å²) in [5.74, 6) is -2.00. The first-order chi connectivity index (χ1) is 11.8. The van der Waals surface area contributed by atoms with Crippen LogP contribution in [0.5, 0.6) is 5.75 Å². The number of benzene rings is 2. The Bertz CT molecular complexity index is 938. The van der Waals surface area contributed by atoms with E-state index in [9.17, 15) is 22.7 Å². The van der Waals surface area contributed by atoms with Crippen molar-refractivity contribution >= 4 is 16.0 Å². The molecule has 0 atom stereocenters. The zero-order chi connectivity index (χ0) is 18.2. The number of aromatic carboxylic acids is 1. The van der Waals surface area contributed by atoms with E-state index in [2.05, 4.69) is 4.72 Å². The molecule has 1 aliphatic rings. The molecule has 0 radical (unpaired) electrons. The first-order valence-electron chi connectivity index (χ1n) is 7.55. The van der Waals surface area contributed by atoms with Gasteiger partial charge in [0.2, 0.25) is 10.0 Å². The lowest BCUT2D eigenvalue weighted by molar-refractivity contribution is 0.0696. The number of carboxylic acids is 1. The first-order valence-corrected chi connectivity index (χ1v) is 9.04. The number of hydrogen-bond donors (Lipinski definition) is 2. The van der Waals surface area contributed by atoms with Crippen molar-refractivity contribution in [3.05, 3.63) is 47.8 Å². The molecule has 0 saturated heterocycles. The van der Waals surface area contributed by atoms with Crippen LogP contribution in [0.3, 0.4) is 0 Å². The van der Waals surface area contributed by atoms with Crippen molar-refractivity contribution in [2.24, 2.45) is 0 Å². The number of sulfonamides is 1. The van der Waals surface area contributed by atoms with E-state index in [-0.39, 0.29) is 33.4 Å². The Hall–Kier alpha value is -2.45. The molecule has 0 bridgehead atoms. The highest BCUT2D eigenvalue weighted by Gasteiger charge is 2.29. The highest BCUT2D eigenvalue weighted by Crippen LogP contribution is 2.32. The summed E-state index contributed by atoms with van der Waals surface area (Å²) in [5.41, 5.74) is -0.0336. The van der Waals surface area contributed by atoms with Crippen molar-refractivity contribution < 1.29 is 27.4 Å². The van der Waals surface area contributed by atoms with E-state index in [1.54, 1.807) is 6.07 Å². The van der Waals surface area contributed by atoms with E-state index in [1.165, 1.54) is 31.4 Å².